The van der Waals surface area contributed by atoms with Crippen LogP contribution in [0.4, 0.5) is 4.79 Å². The zero-order valence-electron chi connectivity index (χ0n) is 21.9. The second-order valence-electron chi connectivity index (χ2n) is 10.9. The average molecular weight is 510 g/mol. The van der Waals surface area contributed by atoms with Crippen molar-refractivity contribution < 1.29 is 24.2 Å². The molecule has 1 saturated heterocycles. The Morgan fingerprint density at radius 1 is 1.20 bits per heavy atom. The van der Waals surface area contributed by atoms with Gasteiger partial charge in [0.2, 0.25) is 5.91 Å². The molecular weight excluding hydrogens is 470 g/mol. The largest absolute Gasteiger partial charge is 0.458 e. The number of aliphatic hydroxyl groups is 1. The number of hydrogen-bond donors (Lipinski definition) is 3. The van der Waals surface area contributed by atoms with Crippen LogP contribution in [0.1, 0.15) is 66.9 Å². The van der Waals surface area contributed by atoms with E-state index < -0.39 is 28.7 Å². The van der Waals surface area contributed by atoms with Crippen molar-refractivity contribution in [1.82, 2.24) is 15.5 Å². The molecule has 1 aliphatic rings. The number of piperidine rings is 1. The van der Waals surface area contributed by atoms with Crippen LogP contribution in [0.5, 0.6) is 0 Å². The lowest BCUT2D eigenvalue weighted by atomic mass is 9.66. The van der Waals surface area contributed by atoms with Gasteiger partial charge in [-0.25, -0.2) is 4.79 Å². The molecule has 1 heterocycles. The standard InChI is InChI=1S/C26H40ClN3O5/c1-8-20(31)35-25(6,7)15-28-23(33)29-21(17(2)3)22(32)30-14-13-26(34,24(4,5)16-30)18-9-11-19(27)12-10-18/h9-12,17,21,34H,8,13-16H2,1-7H3,(H2,28,29,33)/t21-,26+/m1/s1. The molecule has 0 radical (unpaired) electrons. The molecule has 2 atom stereocenters. The number of hydrogen-bond acceptors (Lipinski definition) is 5. The van der Waals surface area contributed by atoms with E-state index in [1.807, 2.05) is 39.8 Å². The molecule has 1 aliphatic heterocycles. The number of benzene rings is 1. The average Bonchev–Trinajstić information content (AvgIpc) is 2.77. The van der Waals surface area contributed by atoms with Crippen molar-refractivity contribution in [3.63, 3.8) is 0 Å². The smallest absolute Gasteiger partial charge is 0.315 e. The summed E-state index contributed by atoms with van der Waals surface area (Å²) in [5.74, 6) is -0.698. The maximum atomic E-state index is 13.5. The summed E-state index contributed by atoms with van der Waals surface area (Å²) in [4.78, 5) is 39.4. The monoisotopic (exact) mass is 509 g/mol. The molecule has 0 aromatic heterocycles. The fourth-order valence-electron chi connectivity index (χ4n) is 4.38. The normalized spacial score (nSPS) is 20.8. The zero-order valence-corrected chi connectivity index (χ0v) is 22.7. The Kier molecular flexibility index (Phi) is 9.22. The van der Waals surface area contributed by atoms with E-state index in [2.05, 4.69) is 10.6 Å². The summed E-state index contributed by atoms with van der Waals surface area (Å²) in [7, 11) is 0. The molecule has 3 amide bonds. The van der Waals surface area contributed by atoms with Crippen LogP contribution in [-0.2, 0) is 19.9 Å². The maximum absolute atomic E-state index is 13.5. The lowest BCUT2D eigenvalue weighted by Gasteiger charge is -2.51. The molecule has 2 rings (SSSR count). The predicted octanol–water partition coefficient (Wildman–Crippen LogP) is 3.84. The van der Waals surface area contributed by atoms with Gasteiger partial charge in [-0.2, -0.15) is 0 Å². The summed E-state index contributed by atoms with van der Waals surface area (Å²) in [6.45, 7) is 13.5. The highest BCUT2D eigenvalue weighted by Gasteiger charge is 2.50. The van der Waals surface area contributed by atoms with Crippen molar-refractivity contribution in [2.75, 3.05) is 19.6 Å². The van der Waals surface area contributed by atoms with Crippen molar-refractivity contribution in [2.24, 2.45) is 11.3 Å². The summed E-state index contributed by atoms with van der Waals surface area (Å²) in [6.07, 6.45) is 0.611. The van der Waals surface area contributed by atoms with Crippen LogP contribution in [0.2, 0.25) is 5.02 Å². The molecule has 0 aliphatic carbocycles. The molecule has 1 aromatic rings. The topological polar surface area (TPSA) is 108 Å². The molecule has 0 saturated carbocycles. The minimum absolute atomic E-state index is 0.106. The van der Waals surface area contributed by atoms with E-state index in [-0.39, 0.29) is 30.8 Å². The highest BCUT2D eigenvalue weighted by molar-refractivity contribution is 6.30. The number of rotatable bonds is 8. The molecule has 0 bridgehead atoms. The lowest BCUT2D eigenvalue weighted by Crippen LogP contribution is -2.61. The summed E-state index contributed by atoms with van der Waals surface area (Å²) in [5.41, 5.74) is -1.85. The van der Waals surface area contributed by atoms with E-state index in [1.165, 1.54) is 0 Å². The third kappa shape index (κ3) is 7.10. The Labute approximate surface area is 213 Å². The van der Waals surface area contributed by atoms with Gasteiger partial charge >= 0.3 is 12.0 Å². The van der Waals surface area contributed by atoms with Crippen molar-refractivity contribution in [3.05, 3.63) is 34.9 Å². The molecule has 0 spiro atoms. The summed E-state index contributed by atoms with van der Waals surface area (Å²) < 4.78 is 5.33. The molecule has 1 fully saturated rings. The van der Waals surface area contributed by atoms with E-state index in [9.17, 15) is 19.5 Å². The number of ether oxygens (including phenoxy) is 1. The zero-order chi connectivity index (χ0) is 26.6. The van der Waals surface area contributed by atoms with E-state index in [1.54, 1.807) is 37.8 Å². The predicted molar refractivity (Wildman–Crippen MR) is 136 cm³/mol. The number of carbonyl (C=O) groups excluding carboxylic acids is 3. The third-order valence-corrected chi connectivity index (χ3v) is 6.91. The SMILES string of the molecule is CCC(=O)OC(C)(C)CNC(=O)N[C@@H](C(=O)N1CC[C@](O)(c2ccc(Cl)cc2)C(C)(C)C1)C(C)C. The number of carbonyl (C=O) groups is 3. The van der Waals surface area contributed by atoms with E-state index in [0.717, 1.165) is 5.56 Å². The van der Waals surface area contributed by atoms with Crippen LogP contribution in [0.3, 0.4) is 0 Å². The highest BCUT2D eigenvalue weighted by atomic mass is 35.5. The van der Waals surface area contributed by atoms with Gasteiger partial charge in [0.15, 0.2) is 0 Å². The number of likely N-dealkylation sites (tertiary alicyclic amines) is 1. The Hall–Kier alpha value is -2.32. The molecule has 35 heavy (non-hydrogen) atoms. The third-order valence-electron chi connectivity index (χ3n) is 6.66. The first kappa shape index (κ1) is 28.9. The van der Waals surface area contributed by atoms with Gasteiger partial charge in [0, 0.05) is 29.9 Å². The minimum atomic E-state index is -1.12. The fraction of sp³-hybridized carbons (Fsp3) is 0.654. The first-order chi connectivity index (χ1) is 16.1. The number of amides is 3. The first-order valence-corrected chi connectivity index (χ1v) is 12.5. The molecule has 9 heteroatoms. The first-order valence-electron chi connectivity index (χ1n) is 12.2. The maximum Gasteiger partial charge on any atom is 0.315 e. The van der Waals surface area contributed by atoms with Gasteiger partial charge in [-0.3, -0.25) is 9.59 Å². The highest BCUT2D eigenvalue weighted by Crippen LogP contribution is 2.46. The Balaban J connectivity index is 2.06. The lowest BCUT2D eigenvalue weighted by molar-refractivity contribution is -0.156. The summed E-state index contributed by atoms with van der Waals surface area (Å²) >= 11 is 6.02. The molecule has 3 N–H and O–H groups in total. The van der Waals surface area contributed by atoms with Gasteiger partial charge < -0.3 is 25.4 Å². The second-order valence-corrected chi connectivity index (χ2v) is 11.3. The van der Waals surface area contributed by atoms with E-state index in [4.69, 9.17) is 16.3 Å². The fourth-order valence-corrected chi connectivity index (χ4v) is 4.51. The van der Waals surface area contributed by atoms with Gasteiger partial charge in [-0.15, -0.1) is 0 Å². The van der Waals surface area contributed by atoms with Crippen LogP contribution in [0, 0.1) is 11.3 Å². The number of nitrogens with one attached hydrogen (secondary N) is 2. The number of urea groups is 1. The number of esters is 1. The van der Waals surface area contributed by atoms with Crippen LogP contribution < -0.4 is 10.6 Å². The summed E-state index contributed by atoms with van der Waals surface area (Å²) in [6, 6.07) is 5.91. The Morgan fingerprint density at radius 2 is 1.80 bits per heavy atom. The van der Waals surface area contributed by atoms with E-state index in [0.29, 0.717) is 24.5 Å². The minimum Gasteiger partial charge on any atom is -0.458 e. The van der Waals surface area contributed by atoms with Crippen molar-refractivity contribution in [2.45, 2.75) is 78.6 Å². The van der Waals surface area contributed by atoms with Crippen LogP contribution in [-0.4, -0.2) is 59.2 Å². The molecule has 196 valence electrons. The summed E-state index contributed by atoms with van der Waals surface area (Å²) in [5, 5.41) is 17.7. The van der Waals surface area contributed by atoms with Gasteiger partial charge in [-0.1, -0.05) is 58.4 Å². The van der Waals surface area contributed by atoms with Gasteiger partial charge in [0.05, 0.1) is 12.1 Å². The number of nitrogens with zero attached hydrogens (tertiary/aromatic N) is 1. The Morgan fingerprint density at radius 3 is 2.31 bits per heavy atom. The van der Waals surface area contributed by atoms with Gasteiger partial charge in [0.25, 0.3) is 0 Å². The van der Waals surface area contributed by atoms with Crippen LogP contribution in [0.15, 0.2) is 24.3 Å². The number of halogens is 1. The van der Waals surface area contributed by atoms with Crippen molar-refractivity contribution >= 4 is 29.5 Å². The Bertz CT molecular complexity index is 916. The van der Waals surface area contributed by atoms with Gasteiger partial charge in [0.1, 0.15) is 11.6 Å². The second kappa shape index (κ2) is 11.2. The molecular formula is C26H40ClN3O5. The van der Waals surface area contributed by atoms with Crippen LogP contribution in [0.25, 0.3) is 0 Å². The van der Waals surface area contributed by atoms with Crippen molar-refractivity contribution in [3.8, 4) is 0 Å². The van der Waals surface area contributed by atoms with Gasteiger partial charge in [-0.05, 0) is 43.9 Å². The molecule has 8 nitrogen and oxygen atoms in total. The van der Waals surface area contributed by atoms with Crippen molar-refractivity contribution in [1.29, 1.82) is 0 Å². The molecule has 0 unspecified atom stereocenters. The molecule has 1 aromatic carbocycles. The quantitative estimate of drug-likeness (QED) is 0.461. The van der Waals surface area contributed by atoms with Crippen LogP contribution >= 0.6 is 11.6 Å². The van der Waals surface area contributed by atoms with E-state index >= 15 is 0 Å².